The third-order valence-corrected chi connectivity index (χ3v) is 3.69. The van der Waals surface area contributed by atoms with Gasteiger partial charge < -0.3 is 4.90 Å². The Balaban J connectivity index is 2.21. The van der Waals surface area contributed by atoms with Crippen LogP contribution in [0.5, 0.6) is 0 Å². The van der Waals surface area contributed by atoms with Crippen molar-refractivity contribution in [1.29, 1.82) is 0 Å². The topological polar surface area (TPSA) is 3.24 Å². The number of hydrogen-bond donors (Lipinski definition) is 0. The molecule has 0 spiro atoms. The molecule has 3 rings (SSSR count). The highest BCUT2D eigenvalue weighted by Gasteiger charge is 2.11. The molecule has 3 aromatic carbocycles. The summed E-state index contributed by atoms with van der Waals surface area (Å²) in [5.74, 6) is 0. The first-order valence-electron chi connectivity index (χ1n) is 7.18. The van der Waals surface area contributed by atoms with E-state index in [1.165, 1.54) is 27.9 Å². The molecule has 0 amide bonds. The van der Waals surface area contributed by atoms with Crippen LogP contribution in [-0.4, -0.2) is 14.1 Å². The smallest absolute Gasteiger partial charge is 0.0440 e. The zero-order chi connectivity index (χ0) is 14.7. The van der Waals surface area contributed by atoms with E-state index in [0.29, 0.717) is 0 Å². The molecule has 0 saturated carbocycles. The van der Waals surface area contributed by atoms with Crippen LogP contribution in [0.4, 0.5) is 5.69 Å². The first-order valence-corrected chi connectivity index (χ1v) is 7.18. The van der Waals surface area contributed by atoms with E-state index < -0.39 is 0 Å². The van der Waals surface area contributed by atoms with Crippen molar-refractivity contribution in [3.8, 4) is 22.3 Å². The average Bonchev–Trinajstić information content (AvgIpc) is 2.55. The van der Waals surface area contributed by atoms with Crippen LogP contribution in [0, 0.1) is 0 Å². The number of benzene rings is 3. The summed E-state index contributed by atoms with van der Waals surface area (Å²) in [5, 5.41) is 0. The molecule has 3 aromatic rings. The Kier molecular flexibility index (Phi) is 3.74. The highest BCUT2D eigenvalue weighted by Crippen LogP contribution is 2.36. The lowest BCUT2D eigenvalue weighted by Crippen LogP contribution is -2.09. The SMILES string of the molecule is CN(C)c1ccccc1-c1ccccc1-c1ccccc1. The molecule has 0 atom stereocenters. The lowest BCUT2D eigenvalue weighted by atomic mass is 9.93. The maximum Gasteiger partial charge on any atom is 0.0440 e. The zero-order valence-electron chi connectivity index (χ0n) is 12.5. The van der Waals surface area contributed by atoms with E-state index in [-0.39, 0.29) is 0 Å². The van der Waals surface area contributed by atoms with E-state index in [1.807, 2.05) is 0 Å². The molecule has 0 fully saturated rings. The van der Waals surface area contributed by atoms with Crippen molar-refractivity contribution >= 4 is 5.69 Å². The van der Waals surface area contributed by atoms with Gasteiger partial charge in [-0.2, -0.15) is 0 Å². The molecule has 0 heterocycles. The summed E-state index contributed by atoms with van der Waals surface area (Å²) in [6.07, 6.45) is 0. The van der Waals surface area contributed by atoms with E-state index in [2.05, 4.69) is 97.9 Å². The molecule has 0 aliphatic rings. The minimum atomic E-state index is 1.24. The molecule has 0 radical (unpaired) electrons. The Morgan fingerprint density at radius 3 is 1.71 bits per heavy atom. The monoisotopic (exact) mass is 273 g/mol. The second kappa shape index (κ2) is 5.84. The zero-order valence-corrected chi connectivity index (χ0v) is 12.5. The van der Waals surface area contributed by atoms with Gasteiger partial charge in [-0.3, -0.25) is 0 Å². The van der Waals surface area contributed by atoms with E-state index in [9.17, 15) is 0 Å². The fourth-order valence-corrected chi connectivity index (χ4v) is 2.68. The number of nitrogens with zero attached hydrogens (tertiary/aromatic N) is 1. The molecule has 0 aliphatic carbocycles. The summed E-state index contributed by atoms with van der Waals surface area (Å²) < 4.78 is 0. The van der Waals surface area contributed by atoms with Crippen molar-refractivity contribution < 1.29 is 0 Å². The Morgan fingerprint density at radius 2 is 1.05 bits per heavy atom. The largest absolute Gasteiger partial charge is 0.377 e. The van der Waals surface area contributed by atoms with Gasteiger partial charge in [-0.05, 0) is 22.8 Å². The predicted octanol–water partition coefficient (Wildman–Crippen LogP) is 5.09. The summed E-state index contributed by atoms with van der Waals surface area (Å²) in [6, 6.07) is 27.7. The molecule has 0 bridgehead atoms. The second-order valence-corrected chi connectivity index (χ2v) is 5.32. The first-order chi connectivity index (χ1) is 10.3. The van der Waals surface area contributed by atoms with Crippen LogP contribution in [0.25, 0.3) is 22.3 Å². The quantitative estimate of drug-likeness (QED) is 0.642. The minimum Gasteiger partial charge on any atom is -0.377 e. The standard InChI is InChI=1S/C20H19N/c1-21(2)20-15-9-8-14-19(20)18-13-7-6-12-17(18)16-10-4-3-5-11-16/h3-15H,1-2H3. The van der Waals surface area contributed by atoms with Crippen molar-refractivity contribution in [2.75, 3.05) is 19.0 Å². The van der Waals surface area contributed by atoms with Gasteiger partial charge >= 0.3 is 0 Å². The third kappa shape index (κ3) is 2.68. The van der Waals surface area contributed by atoms with Crippen LogP contribution in [0.1, 0.15) is 0 Å². The van der Waals surface area contributed by atoms with E-state index >= 15 is 0 Å². The van der Waals surface area contributed by atoms with Crippen molar-refractivity contribution in [3.05, 3.63) is 78.9 Å². The summed E-state index contributed by atoms with van der Waals surface area (Å²) >= 11 is 0. The molecule has 1 heteroatoms. The first kappa shape index (κ1) is 13.4. The molecule has 1 nitrogen and oxygen atoms in total. The van der Waals surface area contributed by atoms with Gasteiger partial charge in [0, 0.05) is 25.3 Å². The summed E-state index contributed by atoms with van der Waals surface area (Å²) in [5.41, 5.74) is 6.30. The average molecular weight is 273 g/mol. The number of hydrogen-bond acceptors (Lipinski definition) is 1. The Morgan fingerprint density at radius 1 is 0.524 bits per heavy atom. The van der Waals surface area contributed by atoms with Gasteiger partial charge in [-0.25, -0.2) is 0 Å². The minimum absolute atomic E-state index is 1.24. The van der Waals surface area contributed by atoms with E-state index in [1.54, 1.807) is 0 Å². The molecule has 21 heavy (non-hydrogen) atoms. The molecule has 0 aromatic heterocycles. The van der Waals surface area contributed by atoms with Crippen LogP contribution >= 0.6 is 0 Å². The molecular weight excluding hydrogens is 254 g/mol. The Bertz CT molecular complexity index is 730. The van der Waals surface area contributed by atoms with Crippen LogP contribution < -0.4 is 4.90 Å². The maximum atomic E-state index is 2.20. The molecule has 0 aliphatic heterocycles. The van der Waals surface area contributed by atoms with Crippen LogP contribution in [0.2, 0.25) is 0 Å². The fraction of sp³-hybridized carbons (Fsp3) is 0.100. The van der Waals surface area contributed by atoms with Crippen LogP contribution in [0.3, 0.4) is 0 Å². The van der Waals surface area contributed by atoms with Gasteiger partial charge in [0.2, 0.25) is 0 Å². The summed E-state index contributed by atoms with van der Waals surface area (Å²) in [4.78, 5) is 2.16. The van der Waals surface area contributed by atoms with Gasteiger partial charge in [0.25, 0.3) is 0 Å². The van der Waals surface area contributed by atoms with E-state index in [4.69, 9.17) is 0 Å². The second-order valence-electron chi connectivity index (χ2n) is 5.32. The van der Waals surface area contributed by atoms with Gasteiger partial charge in [-0.1, -0.05) is 72.8 Å². The number of para-hydroxylation sites is 1. The van der Waals surface area contributed by atoms with Crippen molar-refractivity contribution in [2.24, 2.45) is 0 Å². The summed E-state index contributed by atoms with van der Waals surface area (Å²) in [6.45, 7) is 0. The molecular formula is C20H19N. The highest BCUT2D eigenvalue weighted by atomic mass is 15.1. The molecule has 0 N–H and O–H groups in total. The van der Waals surface area contributed by atoms with Crippen LogP contribution in [0.15, 0.2) is 78.9 Å². The third-order valence-electron chi connectivity index (χ3n) is 3.69. The number of rotatable bonds is 3. The predicted molar refractivity (Wildman–Crippen MR) is 91.6 cm³/mol. The van der Waals surface area contributed by atoms with Crippen LogP contribution in [-0.2, 0) is 0 Å². The normalized spacial score (nSPS) is 10.4. The number of anilines is 1. The maximum absolute atomic E-state index is 2.20. The van der Waals surface area contributed by atoms with Crippen molar-refractivity contribution in [3.63, 3.8) is 0 Å². The van der Waals surface area contributed by atoms with E-state index in [0.717, 1.165) is 0 Å². The highest BCUT2D eigenvalue weighted by molar-refractivity contribution is 5.89. The lowest BCUT2D eigenvalue weighted by molar-refractivity contribution is 1.13. The Hall–Kier alpha value is -2.54. The van der Waals surface area contributed by atoms with Crippen molar-refractivity contribution in [2.45, 2.75) is 0 Å². The van der Waals surface area contributed by atoms with Gasteiger partial charge in [0.15, 0.2) is 0 Å². The summed E-state index contributed by atoms with van der Waals surface area (Å²) in [7, 11) is 4.17. The van der Waals surface area contributed by atoms with Crippen molar-refractivity contribution in [1.82, 2.24) is 0 Å². The molecule has 104 valence electrons. The Labute approximate surface area is 126 Å². The van der Waals surface area contributed by atoms with Gasteiger partial charge in [0.1, 0.15) is 0 Å². The fourth-order valence-electron chi connectivity index (χ4n) is 2.68. The lowest BCUT2D eigenvalue weighted by Gasteiger charge is -2.19. The van der Waals surface area contributed by atoms with Gasteiger partial charge in [-0.15, -0.1) is 0 Å². The molecule has 0 saturated heterocycles. The van der Waals surface area contributed by atoms with Gasteiger partial charge in [0.05, 0.1) is 0 Å². The molecule has 0 unspecified atom stereocenters.